The third kappa shape index (κ3) is 40.7. The Balaban J connectivity index is 4.16. The fourth-order valence-corrected chi connectivity index (χ4v) is 7.26. The lowest BCUT2D eigenvalue weighted by atomic mass is 10.0. The summed E-state index contributed by atoms with van der Waals surface area (Å²) in [5.41, 5.74) is 0. The van der Waals surface area contributed by atoms with Crippen LogP contribution in [-0.2, 0) is 28.6 Å². The number of nitrogens with zero attached hydrogens (tertiary/aromatic N) is 1. The number of rotatable bonds is 44. The number of hydrogen-bond acceptors (Lipinski definition) is 7. The number of carboxylic acid groups (broad SMARTS) is 1. The number of carboxylic acids is 1. The molecule has 0 bridgehead atoms. The molecule has 0 saturated heterocycles. The van der Waals surface area contributed by atoms with E-state index in [2.05, 4.69) is 50.3 Å². The van der Waals surface area contributed by atoms with Crippen LogP contribution in [0.1, 0.15) is 219 Å². The summed E-state index contributed by atoms with van der Waals surface area (Å²) >= 11 is 0. The Kier molecular flexibility index (Phi) is 40.5. The van der Waals surface area contributed by atoms with Gasteiger partial charge in [0.1, 0.15) is 12.6 Å². The largest absolute Gasteiger partial charge is 0.544 e. The van der Waals surface area contributed by atoms with Crippen molar-refractivity contribution >= 4 is 17.9 Å². The lowest BCUT2D eigenvalue weighted by Gasteiger charge is -2.34. The van der Waals surface area contributed by atoms with Crippen LogP contribution in [-0.4, -0.2) is 75.5 Å². The van der Waals surface area contributed by atoms with Gasteiger partial charge in [-0.05, 0) is 44.9 Å². The highest BCUT2D eigenvalue weighted by atomic mass is 16.6. The molecule has 59 heavy (non-hydrogen) atoms. The quantitative estimate of drug-likeness (QED) is 0.0261. The van der Waals surface area contributed by atoms with E-state index in [9.17, 15) is 19.5 Å². The van der Waals surface area contributed by atoms with Crippen LogP contribution in [0.25, 0.3) is 0 Å². The number of carbonyl (C=O) groups is 3. The van der Waals surface area contributed by atoms with Crippen molar-refractivity contribution in [2.45, 2.75) is 231 Å². The number of hydrogen-bond donors (Lipinski definition) is 0. The maximum absolute atomic E-state index is 12.7. The molecule has 0 amide bonds. The van der Waals surface area contributed by atoms with E-state index < -0.39 is 18.1 Å². The Morgan fingerprint density at radius 2 is 0.949 bits per heavy atom. The van der Waals surface area contributed by atoms with Crippen LogP contribution >= 0.6 is 0 Å². The highest BCUT2D eigenvalue weighted by molar-refractivity contribution is 5.70. The second-order valence-corrected chi connectivity index (χ2v) is 17.7. The lowest BCUT2D eigenvalue weighted by molar-refractivity contribution is -0.889. The van der Waals surface area contributed by atoms with Crippen LogP contribution in [0.4, 0.5) is 0 Å². The van der Waals surface area contributed by atoms with Crippen molar-refractivity contribution in [3.63, 3.8) is 0 Å². The monoisotopic (exact) mass is 832 g/mol. The molecule has 0 fully saturated rings. The van der Waals surface area contributed by atoms with Crippen molar-refractivity contribution in [3.8, 4) is 0 Å². The number of unbranched alkanes of at least 4 members (excludes halogenated alkanes) is 24. The van der Waals surface area contributed by atoms with E-state index in [1.54, 1.807) is 21.1 Å². The lowest BCUT2D eigenvalue weighted by Crippen LogP contribution is -2.55. The van der Waals surface area contributed by atoms with E-state index in [1.165, 1.54) is 128 Å². The van der Waals surface area contributed by atoms with E-state index in [4.69, 9.17) is 14.2 Å². The average Bonchev–Trinajstić information content (AvgIpc) is 3.19. The van der Waals surface area contributed by atoms with Gasteiger partial charge in [0.15, 0.2) is 6.10 Å². The van der Waals surface area contributed by atoms with Gasteiger partial charge < -0.3 is 28.6 Å². The fourth-order valence-electron chi connectivity index (χ4n) is 7.26. The molecule has 0 aromatic rings. The number of allylic oxidation sites excluding steroid dienone is 6. The minimum absolute atomic E-state index is 0.0443. The minimum atomic E-state index is -1.12. The number of carbonyl (C=O) groups excluding carboxylic acids is 3. The van der Waals surface area contributed by atoms with Gasteiger partial charge >= 0.3 is 11.9 Å². The van der Waals surface area contributed by atoms with Gasteiger partial charge in [-0.2, -0.15) is 0 Å². The summed E-state index contributed by atoms with van der Waals surface area (Å²) in [5.74, 6) is -1.72. The summed E-state index contributed by atoms with van der Waals surface area (Å²) in [6, 6.07) is -0.723. The molecule has 0 heterocycles. The summed E-state index contributed by atoms with van der Waals surface area (Å²) in [5, 5.41) is 11.6. The van der Waals surface area contributed by atoms with Crippen LogP contribution in [0.15, 0.2) is 36.5 Å². The molecule has 0 aromatic heterocycles. The molecule has 0 spiro atoms. The summed E-state index contributed by atoms with van der Waals surface area (Å²) in [7, 11) is 5.42. The number of likely N-dealkylation sites (N-methyl/N-ethyl adjacent to an activating group) is 1. The first-order valence-electron chi connectivity index (χ1n) is 24.5. The topological polar surface area (TPSA) is 102 Å². The molecule has 2 atom stereocenters. The van der Waals surface area contributed by atoms with Crippen molar-refractivity contribution in [2.24, 2.45) is 0 Å². The van der Waals surface area contributed by atoms with Crippen molar-refractivity contribution < 1.29 is 38.2 Å². The van der Waals surface area contributed by atoms with Crippen molar-refractivity contribution in [3.05, 3.63) is 36.5 Å². The smallest absolute Gasteiger partial charge is 0.306 e. The molecule has 0 rings (SSSR count). The van der Waals surface area contributed by atoms with Gasteiger partial charge in [-0.3, -0.25) is 9.59 Å². The predicted molar refractivity (Wildman–Crippen MR) is 245 cm³/mol. The Bertz CT molecular complexity index is 1060. The third-order valence-electron chi connectivity index (χ3n) is 11.0. The zero-order valence-corrected chi connectivity index (χ0v) is 39.2. The molecule has 344 valence electrons. The number of quaternary nitrogens is 1. The Morgan fingerprint density at radius 1 is 0.525 bits per heavy atom. The van der Waals surface area contributed by atoms with Crippen LogP contribution in [0.3, 0.4) is 0 Å². The molecule has 8 nitrogen and oxygen atoms in total. The Labute approximate surface area is 364 Å². The molecule has 0 aliphatic rings. The molecule has 0 aliphatic heterocycles. The maximum atomic E-state index is 12.7. The first-order chi connectivity index (χ1) is 28.6. The molecule has 2 unspecified atom stereocenters. The summed E-state index contributed by atoms with van der Waals surface area (Å²) in [6.45, 7) is 4.57. The van der Waals surface area contributed by atoms with Gasteiger partial charge in [0.2, 0.25) is 0 Å². The second-order valence-electron chi connectivity index (χ2n) is 17.7. The highest BCUT2D eigenvalue weighted by Crippen LogP contribution is 2.16. The predicted octanol–water partition coefficient (Wildman–Crippen LogP) is 12.5. The van der Waals surface area contributed by atoms with E-state index >= 15 is 0 Å². The minimum Gasteiger partial charge on any atom is -0.544 e. The molecule has 0 saturated carbocycles. The fraction of sp³-hybridized carbons (Fsp3) is 0.824. The third-order valence-corrected chi connectivity index (χ3v) is 11.0. The molecule has 0 radical (unpaired) electrons. The first-order valence-corrected chi connectivity index (χ1v) is 24.5. The number of aliphatic carboxylic acids is 1. The molecular formula is C51H93NO7. The van der Waals surface area contributed by atoms with Crippen LogP contribution in [0, 0.1) is 0 Å². The number of ether oxygens (including phenoxy) is 3. The summed E-state index contributed by atoms with van der Waals surface area (Å²) in [6.07, 6.45) is 48.9. The maximum Gasteiger partial charge on any atom is 0.306 e. The zero-order valence-electron chi connectivity index (χ0n) is 39.2. The summed E-state index contributed by atoms with van der Waals surface area (Å²) in [4.78, 5) is 36.9. The van der Waals surface area contributed by atoms with Crippen molar-refractivity contribution in [1.82, 2.24) is 0 Å². The summed E-state index contributed by atoms with van der Waals surface area (Å²) < 4.78 is 17.2. The highest BCUT2D eigenvalue weighted by Gasteiger charge is 2.25. The van der Waals surface area contributed by atoms with E-state index in [0.29, 0.717) is 12.8 Å². The van der Waals surface area contributed by atoms with Crippen LogP contribution < -0.4 is 5.11 Å². The van der Waals surface area contributed by atoms with Gasteiger partial charge in [0, 0.05) is 19.3 Å². The molecule has 8 heteroatoms. The van der Waals surface area contributed by atoms with E-state index in [-0.39, 0.29) is 42.7 Å². The zero-order chi connectivity index (χ0) is 43.5. The van der Waals surface area contributed by atoms with Gasteiger partial charge in [-0.25, -0.2) is 0 Å². The number of esters is 2. The van der Waals surface area contributed by atoms with Gasteiger partial charge in [-0.1, -0.05) is 192 Å². The Hall–Kier alpha value is -2.45. The van der Waals surface area contributed by atoms with Crippen molar-refractivity contribution in [2.75, 3.05) is 41.0 Å². The molecule has 0 aromatic carbocycles. The standard InChI is InChI=1S/C51H93NO7/c1-6-8-10-12-14-16-18-20-21-22-23-24-25-26-27-28-29-30-32-33-35-37-39-41-49(53)58-46-47(45-57-44-43-48(51(55)56)52(3,4)5)59-50(54)42-40-38-36-34-31-19-17-15-13-11-9-7-2/h8,10,14,16,20-21,47-48H,6-7,9,11-13,15,17-19,22-46H2,1-5H3/b10-8+,16-14+,21-20+. The van der Waals surface area contributed by atoms with Crippen LogP contribution in [0.2, 0.25) is 0 Å². The van der Waals surface area contributed by atoms with E-state index in [0.717, 1.165) is 57.8 Å². The SMILES string of the molecule is CC/C=C/C/C=C/C/C=C/CCCCCCCCCCCCCCCC(=O)OCC(COCCC(C(=O)[O-])[N+](C)(C)C)OC(=O)CCCCCCCCCCCCCC. The molecule has 0 aliphatic carbocycles. The average molecular weight is 832 g/mol. The first kappa shape index (κ1) is 56.5. The Morgan fingerprint density at radius 3 is 1.41 bits per heavy atom. The van der Waals surface area contributed by atoms with Gasteiger partial charge in [0.05, 0.1) is 40.3 Å². The van der Waals surface area contributed by atoms with Gasteiger partial charge in [-0.15, -0.1) is 0 Å². The van der Waals surface area contributed by atoms with E-state index in [1.807, 2.05) is 0 Å². The normalized spacial score (nSPS) is 13.2. The molecular weight excluding hydrogens is 739 g/mol. The van der Waals surface area contributed by atoms with Crippen molar-refractivity contribution in [1.29, 1.82) is 0 Å². The molecule has 0 N–H and O–H groups in total. The van der Waals surface area contributed by atoms with Crippen LogP contribution in [0.5, 0.6) is 0 Å². The van der Waals surface area contributed by atoms with Gasteiger partial charge in [0.25, 0.3) is 0 Å². The second kappa shape index (κ2) is 42.2.